The van der Waals surface area contributed by atoms with Gasteiger partial charge in [-0.3, -0.25) is 0 Å². The molecule has 0 aliphatic heterocycles. The summed E-state index contributed by atoms with van der Waals surface area (Å²) in [5.74, 6) is 1.58. The van der Waals surface area contributed by atoms with Crippen LogP contribution in [0.5, 0.6) is 11.5 Å². The zero-order chi connectivity index (χ0) is 26.8. The maximum Gasteiger partial charge on any atom is 0.118 e. The van der Waals surface area contributed by atoms with Crippen molar-refractivity contribution in [2.75, 3.05) is 14.2 Å². The minimum atomic E-state index is -0.765. The zero-order valence-corrected chi connectivity index (χ0v) is 21.8. The summed E-state index contributed by atoms with van der Waals surface area (Å²) in [5, 5.41) is 0. The highest BCUT2D eigenvalue weighted by Crippen LogP contribution is 2.32. The van der Waals surface area contributed by atoms with Crippen molar-refractivity contribution in [3.05, 3.63) is 131 Å². The lowest BCUT2D eigenvalue weighted by Crippen LogP contribution is -2.51. The molecule has 4 aromatic rings. The number of rotatable bonds is 8. The van der Waals surface area contributed by atoms with E-state index in [0.717, 1.165) is 33.8 Å². The first-order chi connectivity index (χ1) is 17.8. The second-order valence-electron chi connectivity index (χ2n) is 8.99. The molecule has 4 aromatic carbocycles. The van der Waals surface area contributed by atoms with E-state index < -0.39 is 5.54 Å². The van der Waals surface area contributed by atoms with Crippen molar-refractivity contribution < 1.29 is 9.47 Å². The third-order valence-corrected chi connectivity index (χ3v) is 6.61. The van der Waals surface area contributed by atoms with E-state index in [9.17, 15) is 0 Å². The third kappa shape index (κ3) is 6.76. The van der Waals surface area contributed by atoms with E-state index in [-0.39, 0.29) is 18.1 Å². The minimum Gasteiger partial charge on any atom is -0.497 e. The van der Waals surface area contributed by atoms with E-state index in [4.69, 9.17) is 32.4 Å². The van der Waals surface area contributed by atoms with E-state index in [2.05, 4.69) is 0 Å². The first-order valence-corrected chi connectivity index (χ1v) is 12.3. The normalized spacial score (nSPS) is 13.5. The Kier molecular flexibility index (Phi) is 9.83. The number of benzene rings is 4. The summed E-state index contributed by atoms with van der Waals surface area (Å²) in [6, 6.07) is 34.7. The van der Waals surface area contributed by atoms with Crippen LogP contribution in [-0.4, -0.2) is 20.3 Å². The van der Waals surface area contributed by atoms with Gasteiger partial charge in [0.15, 0.2) is 0 Å². The molecule has 0 fully saturated rings. The van der Waals surface area contributed by atoms with Crippen LogP contribution in [0.3, 0.4) is 0 Å². The molecule has 0 unspecified atom stereocenters. The van der Waals surface area contributed by atoms with Gasteiger partial charge < -0.3 is 32.4 Å². The van der Waals surface area contributed by atoms with Gasteiger partial charge in [-0.1, -0.05) is 84.9 Å². The van der Waals surface area contributed by atoms with Gasteiger partial charge in [-0.15, -0.1) is 0 Å². The molecule has 0 aliphatic carbocycles. The summed E-state index contributed by atoms with van der Waals surface area (Å²) < 4.78 is 10.4. The molecule has 8 N–H and O–H groups in total. The third-order valence-electron chi connectivity index (χ3n) is 6.61. The van der Waals surface area contributed by atoms with Gasteiger partial charge in [-0.25, -0.2) is 0 Å². The zero-order valence-electron chi connectivity index (χ0n) is 21.8. The first-order valence-electron chi connectivity index (χ1n) is 12.3. The Bertz CT molecular complexity index is 1110. The van der Waals surface area contributed by atoms with Crippen molar-refractivity contribution in [1.82, 2.24) is 0 Å². The molecule has 0 bridgehead atoms. The Balaban J connectivity index is 0.000000213. The minimum absolute atomic E-state index is 0.163. The van der Waals surface area contributed by atoms with Gasteiger partial charge in [0, 0.05) is 18.1 Å². The second kappa shape index (κ2) is 13.0. The van der Waals surface area contributed by atoms with Crippen LogP contribution in [0.2, 0.25) is 0 Å². The molecule has 6 heteroatoms. The van der Waals surface area contributed by atoms with Gasteiger partial charge in [-0.2, -0.15) is 0 Å². The lowest BCUT2D eigenvalue weighted by atomic mass is 9.78. The Morgan fingerprint density at radius 3 is 1.14 bits per heavy atom. The van der Waals surface area contributed by atoms with Crippen LogP contribution < -0.4 is 32.4 Å². The van der Waals surface area contributed by atoms with E-state index in [1.54, 1.807) is 14.2 Å². The van der Waals surface area contributed by atoms with Crippen LogP contribution in [0.15, 0.2) is 109 Å². The summed E-state index contributed by atoms with van der Waals surface area (Å²) in [4.78, 5) is 0. The van der Waals surface area contributed by atoms with Crippen LogP contribution >= 0.6 is 0 Å². The first kappa shape index (κ1) is 27.9. The van der Waals surface area contributed by atoms with Crippen molar-refractivity contribution in [3.63, 3.8) is 0 Å². The number of methoxy groups -OCH3 is 2. The maximum absolute atomic E-state index is 6.66. The smallest absolute Gasteiger partial charge is 0.118 e. The fourth-order valence-corrected chi connectivity index (χ4v) is 4.19. The van der Waals surface area contributed by atoms with Crippen molar-refractivity contribution in [2.45, 2.75) is 30.6 Å². The Labute approximate surface area is 220 Å². The van der Waals surface area contributed by atoms with E-state index in [1.807, 2.05) is 116 Å². The number of ether oxygens (including phenoxy) is 2. The lowest BCUT2D eigenvalue weighted by molar-refractivity contribution is 0.410. The molecular weight excluding hydrogens is 460 g/mol. The van der Waals surface area contributed by atoms with Gasteiger partial charge in [0.1, 0.15) is 11.5 Å². The summed E-state index contributed by atoms with van der Waals surface area (Å²) in [7, 11) is 3.28. The molecule has 0 radical (unpaired) electrons. The Morgan fingerprint density at radius 2 is 0.865 bits per heavy atom. The average molecular weight is 499 g/mol. The predicted octanol–water partition coefficient (Wildman–Crippen LogP) is 4.64. The van der Waals surface area contributed by atoms with Crippen molar-refractivity contribution in [3.8, 4) is 11.5 Å². The van der Waals surface area contributed by atoms with Crippen LogP contribution in [0.4, 0.5) is 0 Å². The highest BCUT2D eigenvalue weighted by atomic mass is 16.5. The lowest BCUT2D eigenvalue weighted by Gasteiger charge is -2.34. The van der Waals surface area contributed by atoms with Crippen LogP contribution in [0.1, 0.15) is 41.3 Å². The van der Waals surface area contributed by atoms with Gasteiger partial charge in [-0.05, 0) is 53.4 Å². The van der Waals surface area contributed by atoms with Crippen molar-refractivity contribution >= 4 is 0 Å². The van der Waals surface area contributed by atoms with Gasteiger partial charge >= 0.3 is 0 Å². The molecule has 194 valence electrons. The van der Waals surface area contributed by atoms with Gasteiger partial charge in [0.25, 0.3) is 0 Å². The fraction of sp³-hybridized carbons (Fsp3) is 0.226. The average Bonchev–Trinajstić information content (AvgIpc) is 2.97. The molecule has 6 nitrogen and oxygen atoms in total. The summed E-state index contributed by atoms with van der Waals surface area (Å²) in [5.41, 5.74) is 28.4. The molecule has 0 aliphatic rings. The fourth-order valence-electron chi connectivity index (χ4n) is 4.19. The molecular formula is C31H38N4O2. The second-order valence-corrected chi connectivity index (χ2v) is 8.99. The summed E-state index contributed by atoms with van der Waals surface area (Å²) in [6.07, 6.45) is 0. The molecule has 0 aromatic heterocycles. The van der Waals surface area contributed by atoms with E-state index in [0.29, 0.717) is 0 Å². The molecule has 0 saturated heterocycles. The number of hydrogen-bond acceptors (Lipinski definition) is 6. The molecule has 3 atom stereocenters. The van der Waals surface area contributed by atoms with E-state index in [1.165, 1.54) is 0 Å². The van der Waals surface area contributed by atoms with Crippen LogP contribution in [-0.2, 0) is 5.54 Å². The highest BCUT2D eigenvalue weighted by molar-refractivity contribution is 5.43. The summed E-state index contributed by atoms with van der Waals surface area (Å²) >= 11 is 0. The van der Waals surface area contributed by atoms with Gasteiger partial charge in [0.2, 0.25) is 0 Å². The Hall–Kier alpha value is -3.68. The largest absolute Gasteiger partial charge is 0.497 e. The van der Waals surface area contributed by atoms with Crippen LogP contribution in [0.25, 0.3) is 0 Å². The quantitative estimate of drug-likeness (QED) is 0.281. The molecule has 0 spiro atoms. The number of nitrogens with two attached hydrogens (primary N) is 4. The molecule has 0 heterocycles. The maximum atomic E-state index is 6.66. The van der Waals surface area contributed by atoms with E-state index >= 15 is 0 Å². The van der Waals surface area contributed by atoms with Crippen molar-refractivity contribution in [1.29, 1.82) is 0 Å². The topological polar surface area (TPSA) is 123 Å². The van der Waals surface area contributed by atoms with Crippen molar-refractivity contribution in [2.24, 2.45) is 22.9 Å². The standard InChI is InChI=1S/C17H22N2O2.C14H16N2/c1-12(18)17(19,13-4-8-15(20-2)9-5-13)14-6-10-16(21-3)11-7-14;15-13(11-7-3-1-4-8-11)14(16)12-9-5-2-6-10-12/h4-12H,18-19H2,1-3H3;1-10,13-14H,15-16H2/t12-;13-,14-/m00/s1. The van der Waals surface area contributed by atoms with Crippen LogP contribution in [0, 0.1) is 0 Å². The molecule has 0 amide bonds. The molecule has 4 rings (SSSR count). The predicted molar refractivity (Wildman–Crippen MR) is 151 cm³/mol. The van der Waals surface area contributed by atoms with Gasteiger partial charge in [0.05, 0.1) is 19.8 Å². The Morgan fingerprint density at radius 1 is 0.541 bits per heavy atom. The highest BCUT2D eigenvalue weighted by Gasteiger charge is 2.33. The molecule has 0 saturated carbocycles. The molecule has 37 heavy (non-hydrogen) atoms. The SMILES string of the molecule is COc1ccc(C(N)(c2ccc(OC)cc2)[C@H](C)N)cc1.N[C@@H](c1ccccc1)[C@@H](N)c1ccccc1. The number of hydrogen-bond donors (Lipinski definition) is 4. The summed E-state index contributed by atoms with van der Waals surface area (Å²) in [6.45, 7) is 1.91. The monoisotopic (exact) mass is 498 g/mol.